The second kappa shape index (κ2) is 15.8. The highest BCUT2D eigenvalue weighted by atomic mass is 16.5. The molecule has 0 saturated carbocycles. The maximum Gasteiger partial charge on any atom is 0.306 e. The van der Waals surface area contributed by atoms with Crippen molar-refractivity contribution in [1.29, 1.82) is 0 Å². The Morgan fingerprint density at radius 1 is 0.739 bits per heavy atom. The number of unbranched alkanes of at least 4 members (excludes halogenated alkanes) is 5. The number of carbonyl (C=O) groups excluding carboxylic acids is 2. The monoisotopic (exact) mass is 328 g/mol. The molecule has 0 saturated heterocycles. The van der Waals surface area contributed by atoms with Crippen molar-refractivity contribution in [3.05, 3.63) is 0 Å². The minimum Gasteiger partial charge on any atom is -0.466 e. The van der Waals surface area contributed by atoms with Gasteiger partial charge in [-0.05, 0) is 25.7 Å². The summed E-state index contributed by atoms with van der Waals surface area (Å²) in [4.78, 5) is 23.4. The van der Waals surface area contributed by atoms with Gasteiger partial charge in [0.1, 0.15) is 6.10 Å². The van der Waals surface area contributed by atoms with E-state index in [0.29, 0.717) is 6.61 Å². The summed E-state index contributed by atoms with van der Waals surface area (Å²) in [5.74, 6) is -0.572. The van der Waals surface area contributed by atoms with Crippen molar-refractivity contribution < 1.29 is 19.1 Å². The van der Waals surface area contributed by atoms with Crippen LogP contribution >= 0.6 is 0 Å². The van der Waals surface area contributed by atoms with Crippen LogP contribution in [-0.2, 0) is 19.1 Å². The second-order valence-corrected chi connectivity index (χ2v) is 6.18. The van der Waals surface area contributed by atoms with Crippen molar-refractivity contribution in [2.75, 3.05) is 6.61 Å². The molecule has 0 radical (unpaired) electrons. The molecule has 4 heteroatoms. The van der Waals surface area contributed by atoms with Gasteiger partial charge in [-0.1, -0.05) is 59.3 Å². The van der Waals surface area contributed by atoms with E-state index in [-0.39, 0.29) is 30.9 Å². The SMILES string of the molecule is CCCCCCC(CCC)OC(=O)CCC(=O)OCCCCC. The molecule has 23 heavy (non-hydrogen) atoms. The van der Waals surface area contributed by atoms with Crippen LogP contribution in [0.2, 0.25) is 0 Å². The average Bonchev–Trinajstić information content (AvgIpc) is 2.54. The maximum absolute atomic E-state index is 11.9. The van der Waals surface area contributed by atoms with Crippen LogP contribution in [0.15, 0.2) is 0 Å². The quantitative estimate of drug-likeness (QED) is 0.307. The summed E-state index contributed by atoms with van der Waals surface area (Å²) in [5.41, 5.74) is 0. The highest BCUT2D eigenvalue weighted by Gasteiger charge is 2.15. The van der Waals surface area contributed by atoms with E-state index in [0.717, 1.165) is 44.9 Å². The maximum atomic E-state index is 11.9. The fourth-order valence-electron chi connectivity index (χ4n) is 2.44. The Morgan fingerprint density at radius 2 is 1.39 bits per heavy atom. The Hall–Kier alpha value is -1.06. The van der Waals surface area contributed by atoms with Gasteiger partial charge in [0, 0.05) is 0 Å². The molecular formula is C19H36O4. The molecule has 0 spiro atoms. The lowest BCUT2D eigenvalue weighted by atomic mass is 10.1. The normalized spacial score (nSPS) is 12.0. The fourth-order valence-corrected chi connectivity index (χ4v) is 2.44. The molecule has 0 fully saturated rings. The Balaban J connectivity index is 3.86. The van der Waals surface area contributed by atoms with Crippen molar-refractivity contribution in [1.82, 2.24) is 0 Å². The predicted octanol–water partition coefficient (Wildman–Crippen LogP) is 5.18. The minimum atomic E-state index is -0.298. The van der Waals surface area contributed by atoms with E-state index in [2.05, 4.69) is 20.8 Å². The van der Waals surface area contributed by atoms with Gasteiger partial charge in [-0.25, -0.2) is 0 Å². The van der Waals surface area contributed by atoms with Crippen LogP contribution in [0.25, 0.3) is 0 Å². The van der Waals surface area contributed by atoms with Gasteiger partial charge in [0.15, 0.2) is 0 Å². The zero-order chi connectivity index (χ0) is 17.3. The lowest BCUT2D eigenvalue weighted by Gasteiger charge is -2.17. The van der Waals surface area contributed by atoms with E-state index >= 15 is 0 Å². The minimum absolute atomic E-state index is 0.00457. The summed E-state index contributed by atoms with van der Waals surface area (Å²) in [7, 11) is 0. The standard InChI is InChI=1S/C19H36O4/c1-4-7-9-10-13-17(12-6-3)23-19(21)15-14-18(20)22-16-11-8-5-2/h17H,4-16H2,1-3H3. The third kappa shape index (κ3) is 14.3. The second-order valence-electron chi connectivity index (χ2n) is 6.18. The fraction of sp³-hybridized carbons (Fsp3) is 0.895. The molecule has 0 bridgehead atoms. The number of esters is 2. The molecule has 0 amide bonds. The molecule has 136 valence electrons. The van der Waals surface area contributed by atoms with Crippen LogP contribution in [-0.4, -0.2) is 24.6 Å². The number of ether oxygens (including phenoxy) is 2. The van der Waals surface area contributed by atoms with Gasteiger partial charge < -0.3 is 9.47 Å². The zero-order valence-electron chi connectivity index (χ0n) is 15.4. The van der Waals surface area contributed by atoms with Crippen molar-refractivity contribution in [3.63, 3.8) is 0 Å². The Morgan fingerprint density at radius 3 is 2.04 bits per heavy atom. The molecule has 0 aromatic heterocycles. The van der Waals surface area contributed by atoms with Gasteiger partial charge in [0.05, 0.1) is 19.4 Å². The largest absolute Gasteiger partial charge is 0.466 e. The molecule has 0 aliphatic rings. The van der Waals surface area contributed by atoms with Crippen molar-refractivity contribution >= 4 is 11.9 Å². The van der Waals surface area contributed by atoms with Gasteiger partial charge >= 0.3 is 11.9 Å². The van der Waals surface area contributed by atoms with E-state index in [9.17, 15) is 9.59 Å². The first-order chi connectivity index (χ1) is 11.1. The highest BCUT2D eigenvalue weighted by Crippen LogP contribution is 2.14. The van der Waals surface area contributed by atoms with Gasteiger partial charge in [0.25, 0.3) is 0 Å². The van der Waals surface area contributed by atoms with E-state index in [1.165, 1.54) is 19.3 Å². The number of carbonyl (C=O) groups is 2. The Labute approximate surface area is 142 Å². The van der Waals surface area contributed by atoms with E-state index in [4.69, 9.17) is 9.47 Å². The molecule has 1 atom stereocenters. The molecule has 0 aromatic carbocycles. The molecule has 0 aromatic rings. The summed E-state index contributed by atoms with van der Waals surface area (Å²) in [5, 5.41) is 0. The number of rotatable bonds is 15. The molecule has 1 unspecified atom stereocenters. The molecule has 0 aliphatic carbocycles. The van der Waals surface area contributed by atoms with Crippen molar-refractivity contribution in [2.45, 2.75) is 104 Å². The first-order valence-electron chi connectivity index (χ1n) is 9.49. The lowest BCUT2D eigenvalue weighted by molar-refractivity contribution is -0.154. The summed E-state index contributed by atoms with van der Waals surface area (Å²) in [6.45, 7) is 6.84. The van der Waals surface area contributed by atoms with Crippen LogP contribution in [0.4, 0.5) is 0 Å². The van der Waals surface area contributed by atoms with Gasteiger partial charge in [-0.2, -0.15) is 0 Å². The molecule has 0 rings (SSSR count). The number of hydrogen-bond acceptors (Lipinski definition) is 4. The Kier molecular flexibility index (Phi) is 15.1. The van der Waals surface area contributed by atoms with Gasteiger partial charge in [-0.3, -0.25) is 9.59 Å². The third-order valence-electron chi connectivity index (χ3n) is 3.83. The van der Waals surface area contributed by atoms with Crippen LogP contribution in [0.3, 0.4) is 0 Å². The van der Waals surface area contributed by atoms with Crippen LogP contribution in [0, 0.1) is 0 Å². The van der Waals surface area contributed by atoms with Crippen molar-refractivity contribution in [2.24, 2.45) is 0 Å². The Bertz CT molecular complexity index is 302. The molecule has 4 nitrogen and oxygen atoms in total. The van der Waals surface area contributed by atoms with Gasteiger partial charge in [-0.15, -0.1) is 0 Å². The topological polar surface area (TPSA) is 52.6 Å². The average molecular weight is 328 g/mol. The van der Waals surface area contributed by atoms with E-state index < -0.39 is 0 Å². The molecule has 0 aliphatic heterocycles. The summed E-state index contributed by atoms with van der Waals surface area (Å²) in [6, 6.07) is 0. The lowest BCUT2D eigenvalue weighted by Crippen LogP contribution is -2.19. The summed E-state index contributed by atoms with van der Waals surface area (Å²) in [6.07, 6.45) is 10.9. The van der Waals surface area contributed by atoms with E-state index in [1.54, 1.807) is 0 Å². The smallest absolute Gasteiger partial charge is 0.306 e. The third-order valence-corrected chi connectivity index (χ3v) is 3.83. The highest BCUT2D eigenvalue weighted by molar-refractivity contribution is 5.77. The predicted molar refractivity (Wildman–Crippen MR) is 93.3 cm³/mol. The molecule has 0 N–H and O–H groups in total. The summed E-state index contributed by atoms with van der Waals surface area (Å²) < 4.78 is 10.6. The van der Waals surface area contributed by atoms with Crippen LogP contribution in [0.1, 0.15) is 97.8 Å². The summed E-state index contributed by atoms with van der Waals surface area (Å²) >= 11 is 0. The molecule has 0 heterocycles. The van der Waals surface area contributed by atoms with E-state index in [1.807, 2.05) is 0 Å². The van der Waals surface area contributed by atoms with Crippen LogP contribution in [0.5, 0.6) is 0 Å². The van der Waals surface area contributed by atoms with Crippen LogP contribution < -0.4 is 0 Å². The van der Waals surface area contributed by atoms with Gasteiger partial charge in [0.2, 0.25) is 0 Å². The zero-order valence-corrected chi connectivity index (χ0v) is 15.4. The first-order valence-corrected chi connectivity index (χ1v) is 9.49. The molecular weight excluding hydrogens is 292 g/mol. The van der Waals surface area contributed by atoms with Crippen molar-refractivity contribution in [3.8, 4) is 0 Å². The number of hydrogen-bond donors (Lipinski definition) is 0. The first kappa shape index (κ1) is 21.9.